The number of hydrogen-bond acceptors (Lipinski definition) is 4. The second-order valence-corrected chi connectivity index (χ2v) is 7.92. The molecule has 8 heteroatoms. The van der Waals surface area contributed by atoms with Crippen LogP contribution in [0.15, 0.2) is 29.2 Å². The lowest BCUT2D eigenvalue weighted by atomic mass is 10.1. The highest BCUT2D eigenvalue weighted by Crippen LogP contribution is 2.23. The van der Waals surface area contributed by atoms with E-state index >= 15 is 0 Å². The van der Waals surface area contributed by atoms with Crippen LogP contribution >= 0.6 is 12.4 Å². The maximum atomic E-state index is 12.8. The third-order valence-electron chi connectivity index (χ3n) is 4.08. The van der Waals surface area contributed by atoms with E-state index < -0.39 is 10.0 Å². The number of rotatable bonds is 6. The Morgan fingerprint density at radius 3 is 2.50 bits per heavy atom. The van der Waals surface area contributed by atoms with E-state index in [0.717, 1.165) is 19.3 Å². The van der Waals surface area contributed by atoms with Crippen LogP contribution in [0.3, 0.4) is 0 Å². The fourth-order valence-electron chi connectivity index (χ4n) is 2.57. The number of amides is 1. The Balaban J connectivity index is 0.00000288. The third kappa shape index (κ3) is 4.92. The van der Waals surface area contributed by atoms with Crippen molar-refractivity contribution in [3.63, 3.8) is 0 Å². The molecular weight excluding hydrogens is 350 g/mol. The van der Waals surface area contributed by atoms with Gasteiger partial charge in [-0.05, 0) is 37.4 Å². The van der Waals surface area contributed by atoms with Gasteiger partial charge in [0.2, 0.25) is 10.0 Å². The lowest BCUT2D eigenvalue weighted by molar-refractivity contribution is 0.0945. The number of nitrogens with one attached hydrogen (secondary N) is 1. The number of halogens is 1. The number of sulfonamides is 1. The highest BCUT2D eigenvalue weighted by Gasteiger charge is 2.29. The summed E-state index contributed by atoms with van der Waals surface area (Å²) in [7, 11) is -3.63. The summed E-state index contributed by atoms with van der Waals surface area (Å²) in [4.78, 5) is 12.5. The Kier molecular flexibility index (Phi) is 8.15. The molecule has 1 atom stereocenters. The lowest BCUT2D eigenvalue weighted by Gasteiger charge is -2.26. The molecular formula is C16H26ClN3O3S. The average Bonchev–Trinajstić information content (AvgIpc) is 2.60. The summed E-state index contributed by atoms with van der Waals surface area (Å²) in [6.07, 6.45) is 2.77. The van der Waals surface area contributed by atoms with E-state index in [1.807, 2.05) is 6.92 Å². The molecule has 0 aromatic heterocycles. The van der Waals surface area contributed by atoms with Crippen molar-refractivity contribution in [2.24, 2.45) is 11.7 Å². The number of piperidine rings is 1. The van der Waals surface area contributed by atoms with Crippen molar-refractivity contribution >= 4 is 28.3 Å². The molecule has 24 heavy (non-hydrogen) atoms. The molecule has 136 valence electrons. The van der Waals surface area contributed by atoms with Crippen LogP contribution in [0.25, 0.3) is 0 Å². The first kappa shape index (κ1) is 20.9. The molecule has 1 heterocycles. The molecule has 1 unspecified atom stereocenters. The van der Waals surface area contributed by atoms with E-state index in [0.29, 0.717) is 26.2 Å². The SMILES string of the molecule is CC(CN)CNC(=O)c1ccccc1S(=O)(=O)N1CCCCC1.Cl. The van der Waals surface area contributed by atoms with Crippen LogP contribution in [0.4, 0.5) is 0 Å². The van der Waals surface area contributed by atoms with Crippen LogP contribution < -0.4 is 11.1 Å². The van der Waals surface area contributed by atoms with Crippen LogP contribution in [-0.2, 0) is 10.0 Å². The zero-order chi connectivity index (χ0) is 16.9. The summed E-state index contributed by atoms with van der Waals surface area (Å²) < 4.78 is 27.1. The first-order chi connectivity index (χ1) is 11.0. The Bertz CT molecular complexity index is 646. The smallest absolute Gasteiger partial charge is 0.252 e. The largest absolute Gasteiger partial charge is 0.352 e. The maximum absolute atomic E-state index is 12.8. The normalized spacial score (nSPS) is 16.9. The Morgan fingerprint density at radius 2 is 1.88 bits per heavy atom. The molecule has 1 aliphatic rings. The lowest BCUT2D eigenvalue weighted by Crippen LogP contribution is -2.37. The summed E-state index contributed by atoms with van der Waals surface area (Å²) in [5, 5.41) is 2.76. The van der Waals surface area contributed by atoms with E-state index in [1.165, 1.54) is 10.4 Å². The maximum Gasteiger partial charge on any atom is 0.252 e. The average molecular weight is 376 g/mol. The summed E-state index contributed by atoms with van der Waals surface area (Å²) >= 11 is 0. The van der Waals surface area contributed by atoms with Crippen LogP contribution in [0.2, 0.25) is 0 Å². The van der Waals surface area contributed by atoms with Gasteiger partial charge in [-0.3, -0.25) is 4.79 Å². The first-order valence-electron chi connectivity index (χ1n) is 8.04. The predicted octanol–water partition coefficient (Wildman–Crippen LogP) is 1.61. The van der Waals surface area contributed by atoms with Gasteiger partial charge in [0.1, 0.15) is 0 Å². The summed E-state index contributed by atoms with van der Waals surface area (Å²) in [6, 6.07) is 6.39. The van der Waals surface area contributed by atoms with E-state index in [-0.39, 0.29) is 34.7 Å². The van der Waals surface area contributed by atoms with Crippen molar-refractivity contribution < 1.29 is 13.2 Å². The van der Waals surface area contributed by atoms with Gasteiger partial charge in [0.05, 0.1) is 10.5 Å². The Morgan fingerprint density at radius 1 is 1.25 bits per heavy atom. The van der Waals surface area contributed by atoms with Crippen LogP contribution in [0.1, 0.15) is 36.5 Å². The first-order valence-corrected chi connectivity index (χ1v) is 9.48. The minimum Gasteiger partial charge on any atom is -0.352 e. The molecule has 1 fully saturated rings. The molecule has 1 aliphatic heterocycles. The standard InChI is InChI=1S/C16H25N3O3S.ClH/c1-13(11-17)12-18-16(20)14-7-3-4-8-15(14)23(21,22)19-9-5-2-6-10-19;/h3-4,7-8,13H,2,5-6,9-12,17H2,1H3,(H,18,20);1H. The van der Waals surface area contributed by atoms with Gasteiger partial charge in [-0.15, -0.1) is 12.4 Å². The van der Waals surface area contributed by atoms with Crippen molar-refractivity contribution in [3.05, 3.63) is 29.8 Å². The van der Waals surface area contributed by atoms with Crippen molar-refractivity contribution in [2.75, 3.05) is 26.2 Å². The van der Waals surface area contributed by atoms with Crippen molar-refractivity contribution in [1.82, 2.24) is 9.62 Å². The number of nitrogens with two attached hydrogens (primary N) is 1. The van der Waals surface area contributed by atoms with Crippen LogP contribution in [-0.4, -0.2) is 44.8 Å². The second kappa shape index (κ2) is 9.36. The van der Waals surface area contributed by atoms with Gasteiger partial charge in [-0.25, -0.2) is 8.42 Å². The molecule has 0 spiro atoms. The van der Waals surface area contributed by atoms with E-state index in [9.17, 15) is 13.2 Å². The second-order valence-electron chi connectivity index (χ2n) is 6.01. The van der Waals surface area contributed by atoms with Gasteiger partial charge in [0.25, 0.3) is 5.91 Å². The highest BCUT2D eigenvalue weighted by molar-refractivity contribution is 7.89. The number of benzene rings is 1. The molecule has 0 radical (unpaired) electrons. The van der Waals surface area contributed by atoms with Gasteiger partial charge >= 0.3 is 0 Å². The minimum atomic E-state index is -3.63. The Hall–Kier alpha value is -1.15. The summed E-state index contributed by atoms with van der Waals surface area (Å²) in [5.74, 6) is -0.230. The highest BCUT2D eigenvalue weighted by atomic mass is 35.5. The van der Waals surface area contributed by atoms with Crippen molar-refractivity contribution in [3.8, 4) is 0 Å². The fraction of sp³-hybridized carbons (Fsp3) is 0.562. The number of carbonyl (C=O) groups is 1. The quantitative estimate of drug-likeness (QED) is 0.789. The fourth-order valence-corrected chi connectivity index (χ4v) is 4.28. The van der Waals surface area contributed by atoms with Gasteiger partial charge in [0.15, 0.2) is 0 Å². The molecule has 1 saturated heterocycles. The van der Waals surface area contributed by atoms with E-state index in [4.69, 9.17) is 5.73 Å². The summed E-state index contributed by atoms with van der Waals surface area (Å²) in [6.45, 7) is 3.85. The molecule has 1 amide bonds. The Labute approximate surface area is 150 Å². The molecule has 1 aromatic rings. The van der Waals surface area contributed by atoms with Gasteiger partial charge in [0, 0.05) is 19.6 Å². The monoisotopic (exact) mass is 375 g/mol. The topological polar surface area (TPSA) is 92.5 Å². The number of hydrogen-bond donors (Lipinski definition) is 2. The zero-order valence-corrected chi connectivity index (χ0v) is 15.5. The molecule has 1 aromatic carbocycles. The van der Waals surface area contributed by atoms with Gasteiger partial charge in [-0.2, -0.15) is 4.31 Å². The van der Waals surface area contributed by atoms with Gasteiger partial charge < -0.3 is 11.1 Å². The molecule has 0 saturated carbocycles. The minimum absolute atomic E-state index is 0. The van der Waals surface area contributed by atoms with Crippen LogP contribution in [0, 0.1) is 5.92 Å². The molecule has 2 rings (SSSR count). The molecule has 0 aliphatic carbocycles. The third-order valence-corrected chi connectivity index (χ3v) is 6.03. The van der Waals surface area contributed by atoms with E-state index in [2.05, 4.69) is 5.32 Å². The molecule has 6 nitrogen and oxygen atoms in total. The summed E-state index contributed by atoms with van der Waals surface area (Å²) in [5.41, 5.74) is 5.74. The van der Waals surface area contributed by atoms with Crippen molar-refractivity contribution in [1.29, 1.82) is 0 Å². The number of carbonyl (C=O) groups excluding carboxylic acids is 1. The molecule has 0 bridgehead atoms. The van der Waals surface area contributed by atoms with Gasteiger partial charge in [-0.1, -0.05) is 25.5 Å². The van der Waals surface area contributed by atoms with Crippen molar-refractivity contribution in [2.45, 2.75) is 31.1 Å². The zero-order valence-electron chi connectivity index (χ0n) is 13.9. The predicted molar refractivity (Wildman–Crippen MR) is 96.9 cm³/mol. The van der Waals surface area contributed by atoms with E-state index in [1.54, 1.807) is 18.2 Å². The van der Waals surface area contributed by atoms with Crippen LogP contribution in [0.5, 0.6) is 0 Å². The number of nitrogens with zero attached hydrogens (tertiary/aromatic N) is 1. The molecule has 3 N–H and O–H groups in total.